The van der Waals surface area contributed by atoms with E-state index >= 15 is 0 Å². The van der Waals surface area contributed by atoms with Crippen molar-refractivity contribution in [1.29, 1.82) is 0 Å². The first-order chi connectivity index (χ1) is 6.56. The summed E-state index contributed by atoms with van der Waals surface area (Å²) in [5.41, 5.74) is -0.200. The predicted octanol–water partition coefficient (Wildman–Crippen LogP) is 0.326. The van der Waals surface area contributed by atoms with E-state index in [1.807, 2.05) is 0 Å². The topological polar surface area (TPSA) is 104 Å². The number of phenols is 1. The van der Waals surface area contributed by atoms with Gasteiger partial charge in [-0.3, -0.25) is 10.1 Å². The van der Waals surface area contributed by atoms with E-state index in [0.29, 0.717) is 0 Å². The lowest BCUT2D eigenvalue weighted by Crippen LogP contribution is -2.02. The minimum atomic E-state index is -1.14. The molecule has 6 heteroatoms. The zero-order valence-corrected chi connectivity index (χ0v) is 7.12. The lowest BCUT2D eigenvalue weighted by atomic mass is 10.1. The van der Waals surface area contributed by atoms with E-state index in [2.05, 4.69) is 0 Å². The molecule has 0 fully saturated rings. The van der Waals surface area contributed by atoms with Gasteiger partial charge in [0.1, 0.15) is 6.10 Å². The second-order valence-corrected chi connectivity index (χ2v) is 2.70. The summed E-state index contributed by atoms with van der Waals surface area (Å²) < 4.78 is 0. The highest BCUT2D eigenvalue weighted by Crippen LogP contribution is 2.28. The molecule has 0 radical (unpaired) electrons. The summed E-state index contributed by atoms with van der Waals surface area (Å²) in [6, 6.07) is 3.40. The van der Waals surface area contributed by atoms with Crippen LogP contribution in [0, 0.1) is 10.1 Å². The molecule has 0 aromatic heterocycles. The van der Waals surface area contributed by atoms with Crippen LogP contribution in [0.4, 0.5) is 5.69 Å². The summed E-state index contributed by atoms with van der Waals surface area (Å²) >= 11 is 0. The van der Waals surface area contributed by atoms with Crippen molar-refractivity contribution in [3.05, 3.63) is 33.9 Å². The minimum Gasteiger partial charge on any atom is -0.502 e. The third-order valence-electron chi connectivity index (χ3n) is 1.75. The molecule has 0 bridgehead atoms. The van der Waals surface area contributed by atoms with Gasteiger partial charge in [-0.2, -0.15) is 0 Å². The average molecular weight is 199 g/mol. The summed E-state index contributed by atoms with van der Waals surface area (Å²) in [6.07, 6.45) is -1.14. The highest BCUT2D eigenvalue weighted by Gasteiger charge is 2.15. The Hall–Kier alpha value is -1.66. The van der Waals surface area contributed by atoms with Gasteiger partial charge < -0.3 is 15.3 Å². The normalized spacial score (nSPS) is 12.4. The van der Waals surface area contributed by atoms with Crippen LogP contribution < -0.4 is 0 Å². The van der Waals surface area contributed by atoms with E-state index in [1.54, 1.807) is 0 Å². The van der Waals surface area contributed by atoms with Crippen LogP contribution >= 0.6 is 0 Å². The van der Waals surface area contributed by atoms with Gasteiger partial charge in [0.25, 0.3) is 0 Å². The first kappa shape index (κ1) is 10.4. The Bertz CT molecular complexity index is 352. The van der Waals surface area contributed by atoms with Gasteiger partial charge >= 0.3 is 5.69 Å². The van der Waals surface area contributed by atoms with Gasteiger partial charge in [-0.15, -0.1) is 0 Å². The summed E-state index contributed by atoms with van der Waals surface area (Å²) in [4.78, 5) is 9.57. The van der Waals surface area contributed by atoms with Crippen molar-refractivity contribution in [2.75, 3.05) is 6.61 Å². The third-order valence-corrected chi connectivity index (χ3v) is 1.75. The molecule has 0 aliphatic heterocycles. The SMILES string of the molecule is O=[N+]([O-])c1ccc(C(O)CO)cc1O. The van der Waals surface area contributed by atoms with E-state index in [1.165, 1.54) is 6.07 Å². The van der Waals surface area contributed by atoms with Gasteiger partial charge in [0.15, 0.2) is 5.75 Å². The van der Waals surface area contributed by atoms with Crippen molar-refractivity contribution in [2.24, 2.45) is 0 Å². The molecule has 1 atom stereocenters. The van der Waals surface area contributed by atoms with E-state index < -0.39 is 29.1 Å². The molecule has 1 rings (SSSR count). The lowest BCUT2D eigenvalue weighted by molar-refractivity contribution is -0.385. The van der Waals surface area contributed by atoms with Crippen molar-refractivity contribution in [1.82, 2.24) is 0 Å². The fourth-order valence-corrected chi connectivity index (χ4v) is 1.01. The van der Waals surface area contributed by atoms with Gasteiger partial charge in [0, 0.05) is 6.07 Å². The van der Waals surface area contributed by atoms with Crippen molar-refractivity contribution < 1.29 is 20.2 Å². The summed E-state index contributed by atoms with van der Waals surface area (Å²) in [6.45, 7) is -0.503. The average Bonchev–Trinajstić information content (AvgIpc) is 2.15. The van der Waals surface area contributed by atoms with Crippen molar-refractivity contribution in [2.45, 2.75) is 6.10 Å². The van der Waals surface area contributed by atoms with Gasteiger partial charge in [0.05, 0.1) is 11.5 Å². The number of hydrogen-bond acceptors (Lipinski definition) is 5. The predicted molar refractivity (Wildman–Crippen MR) is 46.8 cm³/mol. The monoisotopic (exact) mass is 199 g/mol. The molecule has 1 unspecified atom stereocenters. The van der Waals surface area contributed by atoms with Gasteiger partial charge in [-0.25, -0.2) is 0 Å². The molecule has 0 saturated carbocycles. The number of rotatable bonds is 3. The van der Waals surface area contributed by atoms with E-state index in [4.69, 9.17) is 10.2 Å². The number of nitrogens with zero attached hydrogens (tertiary/aromatic N) is 1. The molecule has 0 amide bonds. The van der Waals surface area contributed by atoms with E-state index in [9.17, 15) is 15.2 Å². The molecule has 6 nitrogen and oxygen atoms in total. The second kappa shape index (κ2) is 4.03. The Balaban J connectivity index is 3.06. The molecule has 0 spiro atoms. The van der Waals surface area contributed by atoms with Crippen molar-refractivity contribution >= 4 is 5.69 Å². The number of nitro groups is 1. The minimum absolute atomic E-state index is 0.232. The number of phenolic OH excluding ortho intramolecular Hbond substituents is 1. The Kier molecular flexibility index (Phi) is 3.00. The quantitative estimate of drug-likeness (QED) is 0.480. The molecule has 0 aliphatic rings. The first-order valence-electron chi connectivity index (χ1n) is 3.82. The largest absolute Gasteiger partial charge is 0.502 e. The molecule has 3 N–H and O–H groups in total. The molecule has 0 saturated heterocycles. The van der Waals surface area contributed by atoms with Crippen LogP contribution in [-0.4, -0.2) is 26.8 Å². The molecule has 0 aliphatic carbocycles. The maximum absolute atomic E-state index is 10.3. The summed E-state index contributed by atoms with van der Waals surface area (Å²) in [5, 5.41) is 37.2. The molecule has 76 valence electrons. The van der Waals surface area contributed by atoms with E-state index in [0.717, 1.165) is 12.1 Å². The molecular weight excluding hydrogens is 190 g/mol. The first-order valence-corrected chi connectivity index (χ1v) is 3.82. The highest BCUT2D eigenvalue weighted by molar-refractivity contribution is 5.47. The lowest BCUT2D eigenvalue weighted by Gasteiger charge is -2.07. The summed E-state index contributed by atoms with van der Waals surface area (Å²) in [7, 11) is 0. The van der Waals surface area contributed by atoms with Crippen molar-refractivity contribution in [3.63, 3.8) is 0 Å². The second-order valence-electron chi connectivity index (χ2n) is 2.70. The number of nitro benzene ring substituents is 1. The molecular formula is C8H9NO5. The molecule has 1 aromatic carbocycles. The van der Waals surface area contributed by atoms with Crippen LogP contribution in [0.15, 0.2) is 18.2 Å². The van der Waals surface area contributed by atoms with Crippen LogP contribution in [-0.2, 0) is 0 Å². The Morgan fingerprint density at radius 2 is 2.14 bits per heavy atom. The number of hydrogen-bond donors (Lipinski definition) is 3. The van der Waals surface area contributed by atoms with Crippen LogP contribution in [0.5, 0.6) is 5.75 Å². The summed E-state index contributed by atoms with van der Waals surface area (Å²) in [5.74, 6) is -0.528. The number of aromatic hydroxyl groups is 1. The number of aliphatic hydroxyl groups excluding tert-OH is 2. The van der Waals surface area contributed by atoms with Crippen LogP contribution in [0.25, 0.3) is 0 Å². The molecule has 1 aromatic rings. The van der Waals surface area contributed by atoms with Crippen molar-refractivity contribution in [3.8, 4) is 5.75 Å². The fourth-order valence-electron chi connectivity index (χ4n) is 1.01. The van der Waals surface area contributed by atoms with Crippen LogP contribution in [0.1, 0.15) is 11.7 Å². The zero-order valence-electron chi connectivity index (χ0n) is 7.12. The zero-order chi connectivity index (χ0) is 10.7. The maximum Gasteiger partial charge on any atom is 0.310 e. The standard InChI is InChI=1S/C8H9NO5/c10-4-8(12)5-1-2-6(9(13)14)7(11)3-5/h1-3,8,10-12H,4H2. The smallest absolute Gasteiger partial charge is 0.310 e. The Labute approximate surface area is 79.2 Å². The van der Waals surface area contributed by atoms with Gasteiger partial charge in [-0.05, 0) is 17.7 Å². The van der Waals surface area contributed by atoms with Crippen LogP contribution in [0.3, 0.4) is 0 Å². The Morgan fingerprint density at radius 1 is 1.50 bits per heavy atom. The number of aliphatic hydroxyl groups is 2. The van der Waals surface area contributed by atoms with Gasteiger partial charge in [0.2, 0.25) is 0 Å². The van der Waals surface area contributed by atoms with Gasteiger partial charge in [-0.1, -0.05) is 0 Å². The number of benzene rings is 1. The maximum atomic E-state index is 10.3. The fraction of sp³-hybridized carbons (Fsp3) is 0.250. The third kappa shape index (κ3) is 1.98. The molecule has 14 heavy (non-hydrogen) atoms. The highest BCUT2D eigenvalue weighted by atomic mass is 16.6. The van der Waals surface area contributed by atoms with Crippen LogP contribution in [0.2, 0.25) is 0 Å². The molecule has 0 heterocycles. The van der Waals surface area contributed by atoms with E-state index in [-0.39, 0.29) is 5.56 Å². The Morgan fingerprint density at radius 3 is 2.57 bits per heavy atom.